The number of carbonyl (C=O) groups is 1. The first-order chi connectivity index (χ1) is 13.0. The summed E-state index contributed by atoms with van der Waals surface area (Å²) in [5.74, 6) is 0.0271. The summed E-state index contributed by atoms with van der Waals surface area (Å²) in [6.07, 6.45) is 2.81. The number of carbonyl (C=O) groups excluding carboxylic acids is 1. The van der Waals surface area contributed by atoms with E-state index in [1.807, 2.05) is 6.07 Å². The molecule has 0 aliphatic carbocycles. The Morgan fingerprint density at radius 1 is 1.07 bits per heavy atom. The lowest BCUT2D eigenvalue weighted by Crippen LogP contribution is -2.47. The van der Waals surface area contributed by atoms with Crippen LogP contribution in [0, 0.1) is 13.8 Å². The molecule has 1 N–H and O–H groups in total. The molecule has 0 saturated carbocycles. The molecule has 0 bridgehead atoms. The summed E-state index contributed by atoms with van der Waals surface area (Å²) >= 11 is 0. The van der Waals surface area contributed by atoms with Crippen molar-refractivity contribution in [2.24, 2.45) is 0 Å². The number of rotatable bonds is 3. The number of piperidine rings is 1. The van der Waals surface area contributed by atoms with E-state index in [1.165, 1.54) is 17.5 Å². The minimum atomic E-state index is -0.488. The zero-order chi connectivity index (χ0) is 18.9. The Morgan fingerprint density at radius 2 is 1.81 bits per heavy atom. The standard InChI is InChI=1S/C20H24N4O3/c1-14-3-4-16(11-15(14)2)23-18-12-17(21-13-22-18)19(25)24-7-5-20(6-8-24)26-9-10-27-20/h3-4,11-13H,5-10H2,1-2H3,(H,21,22,23). The Bertz CT molecular complexity index is 839. The van der Waals surface area contributed by atoms with Crippen LogP contribution in [0.25, 0.3) is 0 Å². The van der Waals surface area contributed by atoms with Gasteiger partial charge in [-0.25, -0.2) is 9.97 Å². The third-order valence-corrected chi connectivity index (χ3v) is 5.29. The number of aryl methyl sites for hydroxylation is 2. The van der Waals surface area contributed by atoms with Crippen LogP contribution >= 0.6 is 0 Å². The smallest absolute Gasteiger partial charge is 0.272 e. The van der Waals surface area contributed by atoms with Crippen molar-refractivity contribution in [3.63, 3.8) is 0 Å². The van der Waals surface area contributed by atoms with Gasteiger partial charge in [-0.1, -0.05) is 6.07 Å². The van der Waals surface area contributed by atoms with Crippen molar-refractivity contribution in [1.29, 1.82) is 0 Å². The van der Waals surface area contributed by atoms with Gasteiger partial charge in [-0.3, -0.25) is 4.79 Å². The molecule has 1 spiro atoms. The van der Waals surface area contributed by atoms with E-state index in [4.69, 9.17) is 9.47 Å². The molecule has 27 heavy (non-hydrogen) atoms. The lowest BCUT2D eigenvalue weighted by Gasteiger charge is -2.37. The average Bonchev–Trinajstić information content (AvgIpc) is 3.13. The number of ether oxygens (including phenoxy) is 2. The summed E-state index contributed by atoms with van der Waals surface area (Å²) in [7, 11) is 0. The van der Waals surface area contributed by atoms with Crippen LogP contribution in [0.4, 0.5) is 11.5 Å². The molecule has 0 radical (unpaired) electrons. The quantitative estimate of drug-likeness (QED) is 0.898. The van der Waals surface area contributed by atoms with Gasteiger partial charge in [0, 0.05) is 37.7 Å². The fourth-order valence-corrected chi connectivity index (χ4v) is 3.51. The number of nitrogens with one attached hydrogen (secondary N) is 1. The first-order valence-electron chi connectivity index (χ1n) is 9.28. The minimum absolute atomic E-state index is 0.0895. The Morgan fingerprint density at radius 3 is 2.52 bits per heavy atom. The zero-order valence-electron chi connectivity index (χ0n) is 15.7. The number of amides is 1. The minimum Gasteiger partial charge on any atom is -0.347 e. The molecule has 7 nitrogen and oxygen atoms in total. The average molecular weight is 368 g/mol. The van der Waals surface area contributed by atoms with E-state index in [9.17, 15) is 4.79 Å². The molecule has 2 aliphatic heterocycles. The highest BCUT2D eigenvalue weighted by Gasteiger charge is 2.41. The van der Waals surface area contributed by atoms with Gasteiger partial charge >= 0.3 is 0 Å². The third kappa shape index (κ3) is 3.79. The number of likely N-dealkylation sites (tertiary alicyclic amines) is 1. The highest BCUT2D eigenvalue weighted by Crippen LogP contribution is 2.31. The molecule has 0 atom stereocenters. The summed E-state index contributed by atoms with van der Waals surface area (Å²) in [6, 6.07) is 7.81. The van der Waals surface area contributed by atoms with E-state index in [0.717, 1.165) is 5.69 Å². The van der Waals surface area contributed by atoms with Gasteiger partial charge in [0.25, 0.3) is 5.91 Å². The maximum atomic E-state index is 12.8. The normalized spacial score (nSPS) is 18.7. The molecule has 0 unspecified atom stereocenters. The molecule has 1 amide bonds. The lowest BCUT2D eigenvalue weighted by atomic mass is 10.0. The molecule has 7 heteroatoms. The van der Waals surface area contributed by atoms with E-state index >= 15 is 0 Å². The van der Waals surface area contributed by atoms with Gasteiger partial charge in [0.15, 0.2) is 5.79 Å². The summed E-state index contributed by atoms with van der Waals surface area (Å²) in [5.41, 5.74) is 3.76. The molecule has 2 fully saturated rings. The van der Waals surface area contributed by atoms with Crippen molar-refractivity contribution in [3.8, 4) is 0 Å². The van der Waals surface area contributed by atoms with Crippen molar-refractivity contribution in [2.75, 3.05) is 31.6 Å². The predicted octanol–water partition coefficient (Wildman–Crippen LogP) is 2.82. The van der Waals surface area contributed by atoms with Crippen LogP contribution in [0.5, 0.6) is 0 Å². The van der Waals surface area contributed by atoms with E-state index in [0.29, 0.717) is 50.7 Å². The Hall–Kier alpha value is -2.51. The largest absolute Gasteiger partial charge is 0.347 e. The highest BCUT2D eigenvalue weighted by atomic mass is 16.7. The first kappa shape index (κ1) is 17.9. The number of nitrogens with zero attached hydrogens (tertiary/aromatic N) is 3. The number of anilines is 2. The Kier molecular flexibility index (Phi) is 4.80. The Balaban J connectivity index is 1.44. The molecule has 2 saturated heterocycles. The van der Waals surface area contributed by atoms with E-state index < -0.39 is 5.79 Å². The number of hydrogen-bond acceptors (Lipinski definition) is 6. The van der Waals surface area contributed by atoms with Gasteiger partial charge in [0.2, 0.25) is 0 Å². The predicted molar refractivity (Wildman–Crippen MR) is 101 cm³/mol. The van der Waals surface area contributed by atoms with Crippen molar-refractivity contribution in [3.05, 3.63) is 47.4 Å². The van der Waals surface area contributed by atoms with Gasteiger partial charge in [-0.15, -0.1) is 0 Å². The van der Waals surface area contributed by atoms with Crippen LogP contribution < -0.4 is 5.32 Å². The van der Waals surface area contributed by atoms with Crippen molar-refractivity contribution < 1.29 is 14.3 Å². The summed E-state index contributed by atoms with van der Waals surface area (Å²) in [4.78, 5) is 23.0. The molecule has 2 aliphatic rings. The van der Waals surface area contributed by atoms with Crippen LogP contribution in [0.1, 0.15) is 34.5 Å². The lowest BCUT2D eigenvalue weighted by molar-refractivity contribution is -0.181. The second kappa shape index (κ2) is 7.25. The van der Waals surface area contributed by atoms with Crippen LogP contribution in [0.3, 0.4) is 0 Å². The molecule has 3 heterocycles. The fourth-order valence-electron chi connectivity index (χ4n) is 3.51. The zero-order valence-corrected chi connectivity index (χ0v) is 15.7. The fraction of sp³-hybridized carbons (Fsp3) is 0.450. The second-order valence-electron chi connectivity index (χ2n) is 7.11. The Labute approximate surface area is 158 Å². The highest BCUT2D eigenvalue weighted by molar-refractivity contribution is 5.93. The topological polar surface area (TPSA) is 76.6 Å². The van der Waals surface area contributed by atoms with Gasteiger partial charge < -0.3 is 19.7 Å². The molecular weight excluding hydrogens is 344 g/mol. The molecular formula is C20H24N4O3. The molecule has 4 rings (SSSR count). The van der Waals surface area contributed by atoms with Crippen LogP contribution in [0.2, 0.25) is 0 Å². The molecule has 142 valence electrons. The monoisotopic (exact) mass is 368 g/mol. The van der Waals surface area contributed by atoms with E-state index in [-0.39, 0.29) is 5.91 Å². The maximum Gasteiger partial charge on any atom is 0.272 e. The number of hydrogen-bond donors (Lipinski definition) is 1. The van der Waals surface area contributed by atoms with Gasteiger partial charge in [0.1, 0.15) is 17.8 Å². The summed E-state index contributed by atoms with van der Waals surface area (Å²) in [5, 5.41) is 3.25. The second-order valence-corrected chi connectivity index (χ2v) is 7.11. The van der Waals surface area contributed by atoms with E-state index in [2.05, 4.69) is 41.3 Å². The molecule has 2 aromatic rings. The third-order valence-electron chi connectivity index (χ3n) is 5.29. The molecule has 1 aromatic heterocycles. The molecule has 1 aromatic carbocycles. The van der Waals surface area contributed by atoms with Gasteiger partial charge in [0.05, 0.1) is 13.2 Å². The maximum absolute atomic E-state index is 12.8. The summed E-state index contributed by atoms with van der Waals surface area (Å²) < 4.78 is 11.4. The van der Waals surface area contributed by atoms with E-state index in [1.54, 1.807) is 11.0 Å². The van der Waals surface area contributed by atoms with Crippen LogP contribution in [-0.4, -0.2) is 52.9 Å². The van der Waals surface area contributed by atoms with Crippen LogP contribution in [0.15, 0.2) is 30.6 Å². The van der Waals surface area contributed by atoms with Crippen molar-refractivity contribution >= 4 is 17.4 Å². The first-order valence-corrected chi connectivity index (χ1v) is 9.28. The number of benzene rings is 1. The summed E-state index contributed by atoms with van der Waals surface area (Å²) in [6.45, 7) is 6.60. The van der Waals surface area contributed by atoms with Crippen LogP contribution in [-0.2, 0) is 9.47 Å². The SMILES string of the molecule is Cc1ccc(Nc2cc(C(=O)N3CCC4(CC3)OCCO4)ncn2)cc1C. The van der Waals surface area contributed by atoms with Gasteiger partial charge in [-0.05, 0) is 37.1 Å². The van der Waals surface area contributed by atoms with Crippen molar-refractivity contribution in [1.82, 2.24) is 14.9 Å². The van der Waals surface area contributed by atoms with Gasteiger partial charge in [-0.2, -0.15) is 0 Å². The van der Waals surface area contributed by atoms with Crippen molar-refractivity contribution in [2.45, 2.75) is 32.5 Å². The number of aromatic nitrogens is 2.